The SMILES string of the molecule is CC(C)(C)OC(=O)N1C[C@H]2CCN(C(=O)O)C[C@]21Cc1ccccc1. The van der Waals surface area contributed by atoms with Gasteiger partial charge in [0.2, 0.25) is 0 Å². The number of hydrogen-bond donors (Lipinski definition) is 1. The normalized spacial score (nSPS) is 25.8. The maximum absolute atomic E-state index is 12.7. The van der Waals surface area contributed by atoms with Gasteiger partial charge in [0.05, 0.1) is 5.54 Å². The summed E-state index contributed by atoms with van der Waals surface area (Å²) in [7, 11) is 0. The van der Waals surface area contributed by atoms with Crippen LogP contribution in [-0.4, -0.2) is 57.9 Å². The minimum atomic E-state index is -0.929. The van der Waals surface area contributed by atoms with Gasteiger partial charge in [0.15, 0.2) is 0 Å². The number of piperidine rings is 1. The fraction of sp³-hybridized carbons (Fsp3) is 0.579. The van der Waals surface area contributed by atoms with Crippen molar-refractivity contribution < 1.29 is 19.4 Å². The molecule has 1 aromatic rings. The highest BCUT2D eigenvalue weighted by molar-refractivity contribution is 5.72. The van der Waals surface area contributed by atoms with Crippen LogP contribution in [0.2, 0.25) is 0 Å². The Morgan fingerprint density at radius 2 is 1.96 bits per heavy atom. The van der Waals surface area contributed by atoms with Crippen LogP contribution in [0.25, 0.3) is 0 Å². The molecule has 2 heterocycles. The minimum absolute atomic E-state index is 0.302. The van der Waals surface area contributed by atoms with Crippen molar-refractivity contribution in [1.82, 2.24) is 9.80 Å². The van der Waals surface area contributed by atoms with E-state index in [0.29, 0.717) is 32.0 Å². The minimum Gasteiger partial charge on any atom is -0.465 e. The van der Waals surface area contributed by atoms with Gasteiger partial charge in [0, 0.05) is 25.6 Å². The lowest BCUT2D eigenvalue weighted by Gasteiger charge is -2.62. The summed E-state index contributed by atoms with van der Waals surface area (Å²) in [5.74, 6) is 0.302. The second-order valence-electron chi connectivity index (χ2n) is 8.05. The molecular weight excluding hydrogens is 320 g/mol. The predicted molar refractivity (Wildman–Crippen MR) is 93.5 cm³/mol. The quantitative estimate of drug-likeness (QED) is 0.893. The monoisotopic (exact) mass is 346 g/mol. The molecule has 2 fully saturated rings. The second kappa shape index (κ2) is 6.24. The van der Waals surface area contributed by atoms with Crippen LogP contribution >= 0.6 is 0 Å². The van der Waals surface area contributed by atoms with Crippen molar-refractivity contribution in [3.63, 3.8) is 0 Å². The van der Waals surface area contributed by atoms with E-state index in [1.54, 1.807) is 4.90 Å². The van der Waals surface area contributed by atoms with E-state index in [1.165, 1.54) is 4.90 Å². The van der Waals surface area contributed by atoms with Crippen molar-refractivity contribution >= 4 is 12.2 Å². The molecule has 2 atom stereocenters. The Morgan fingerprint density at radius 3 is 2.56 bits per heavy atom. The molecule has 0 unspecified atom stereocenters. The number of nitrogens with zero attached hydrogens (tertiary/aromatic N) is 2. The van der Waals surface area contributed by atoms with Crippen LogP contribution in [-0.2, 0) is 11.2 Å². The summed E-state index contributed by atoms with van der Waals surface area (Å²) in [5.41, 5.74) is 0.0189. The second-order valence-corrected chi connectivity index (χ2v) is 8.05. The fourth-order valence-electron chi connectivity index (χ4n) is 3.96. The van der Waals surface area contributed by atoms with E-state index in [0.717, 1.165) is 12.0 Å². The smallest absolute Gasteiger partial charge is 0.410 e. The van der Waals surface area contributed by atoms with Crippen LogP contribution in [0.1, 0.15) is 32.8 Å². The molecule has 2 aliphatic rings. The molecule has 0 aromatic heterocycles. The number of amides is 2. The molecule has 0 aliphatic carbocycles. The number of ether oxygens (including phenoxy) is 1. The van der Waals surface area contributed by atoms with E-state index in [9.17, 15) is 14.7 Å². The lowest BCUT2D eigenvalue weighted by Crippen LogP contribution is -2.76. The lowest BCUT2D eigenvalue weighted by molar-refractivity contribution is -0.118. The Hall–Kier alpha value is -2.24. The molecule has 6 nitrogen and oxygen atoms in total. The molecule has 1 N–H and O–H groups in total. The molecule has 25 heavy (non-hydrogen) atoms. The Labute approximate surface area is 148 Å². The number of likely N-dealkylation sites (tertiary alicyclic amines) is 2. The highest BCUT2D eigenvalue weighted by Gasteiger charge is 2.59. The summed E-state index contributed by atoms with van der Waals surface area (Å²) in [6.45, 7) is 7.03. The fourth-order valence-corrected chi connectivity index (χ4v) is 3.96. The summed E-state index contributed by atoms with van der Waals surface area (Å²) in [5, 5.41) is 9.45. The molecule has 0 radical (unpaired) electrons. The number of carbonyl (C=O) groups is 2. The van der Waals surface area contributed by atoms with Gasteiger partial charge in [-0.15, -0.1) is 0 Å². The molecule has 2 amide bonds. The van der Waals surface area contributed by atoms with Crippen LogP contribution in [0, 0.1) is 5.92 Å². The molecule has 0 saturated carbocycles. The van der Waals surface area contributed by atoms with Crippen molar-refractivity contribution in [2.45, 2.75) is 44.8 Å². The van der Waals surface area contributed by atoms with Gasteiger partial charge in [-0.3, -0.25) is 4.90 Å². The maximum Gasteiger partial charge on any atom is 0.410 e. The molecule has 3 rings (SSSR count). The number of carbonyl (C=O) groups excluding carboxylic acids is 1. The summed E-state index contributed by atoms with van der Waals surface area (Å²) in [6, 6.07) is 9.94. The zero-order chi connectivity index (χ0) is 18.2. The van der Waals surface area contributed by atoms with Gasteiger partial charge in [-0.2, -0.15) is 0 Å². The van der Waals surface area contributed by atoms with Crippen molar-refractivity contribution in [3.05, 3.63) is 35.9 Å². The first-order chi connectivity index (χ1) is 11.7. The molecule has 0 spiro atoms. The third-order valence-corrected chi connectivity index (χ3v) is 5.15. The first kappa shape index (κ1) is 17.6. The number of hydrogen-bond acceptors (Lipinski definition) is 3. The zero-order valence-electron chi connectivity index (χ0n) is 15.1. The average Bonchev–Trinajstić information content (AvgIpc) is 2.49. The van der Waals surface area contributed by atoms with Crippen molar-refractivity contribution in [3.8, 4) is 0 Å². The van der Waals surface area contributed by atoms with E-state index >= 15 is 0 Å². The third kappa shape index (κ3) is 3.43. The topological polar surface area (TPSA) is 70.1 Å². The van der Waals surface area contributed by atoms with E-state index in [-0.39, 0.29) is 6.09 Å². The van der Waals surface area contributed by atoms with E-state index < -0.39 is 17.2 Å². The Kier molecular flexibility index (Phi) is 4.39. The van der Waals surface area contributed by atoms with Crippen molar-refractivity contribution in [2.24, 2.45) is 5.92 Å². The molecular formula is C19H26N2O4. The molecule has 2 saturated heterocycles. The van der Waals surface area contributed by atoms with Gasteiger partial charge in [-0.25, -0.2) is 9.59 Å². The summed E-state index contributed by atoms with van der Waals surface area (Å²) < 4.78 is 5.57. The molecule has 2 aliphatic heterocycles. The third-order valence-electron chi connectivity index (χ3n) is 5.15. The summed E-state index contributed by atoms with van der Waals surface area (Å²) in [6.07, 6.45) is 0.133. The summed E-state index contributed by atoms with van der Waals surface area (Å²) >= 11 is 0. The first-order valence-electron chi connectivity index (χ1n) is 8.74. The van der Waals surface area contributed by atoms with Crippen LogP contribution in [0.15, 0.2) is 30.3 Å². The van der Waals surface area contributed by atoms with E-state index in [4.69, 9.17) is 4.74 Å². The van der Waals surface area contributed by atoms with Gasteiger partial charge in [0.25, 0.3) is 0 Å². The molecule has 6 heteroatoms. The standard InChI is InChI=1S/C19H26N2O4/c1-18(2,3)25-17(24)21-12-15-9-10-20(16(22)23)13-19(15,21)11-14-7-5-4-6-8-14/h4-8,15H,9-13H2,1-3H3,(H,22,23)/t15-,19-/m1/s1. The number of benzene rings is 1. The van der Waals surface area contributed by atoms with Gasteiger partial charge in [-0.05, 0) is 39.2 Å². The molecule has 0 bridgehead atoms. The Bertz CT molecular complexity index is 655. The number of fused-ring (bicyclic) bond motifs is 1. The Morgan fingerprint density at radius 1 is 1.28 bits per heavy atom. The largest absolute Gasteiger partial charge is 0.465 e. The number of carboxylic acid groups (broad SMARTS) is 1. The average molecular weight is 346 g/mol. The van der Waals surface area contributed by atoms with Gasteiger partial charge >= 0.3 is 12.2 Å². The summed E-state index contributed by atoms with van der Waals surface area (Å²) in [4.78, 5) is 27.4. The van der Waals surface area contributed by atoms with E-state index in [1.807, 2.05) is 51.1 Å². The van der Waals surface area contributed by atoms with Crippen LogP contribution in [0.5, 0.6) is 0 Å². The number of rotatable bonds is 2. The Balaban J connectivity index is 1.88. The zero-order valence-corrected chi connectivity index (χ0v) is 15.1. The van der Waals surface area contributed by atoms with Crippen molar-refractivity contribution in [2.75, 3.05) is 19.6 Å². The first-order valence-corrected chi connectivity index (χ1v) is 8.74. The van der Waals surface area contributed by atoms with Crippen LogP contribution < -0.4 is 0 Å². The molecule has 136 valence electrons. The molecule has 1 aromatic carbocycles. The maximum atomic E-state index is 12.7. The van der Waals surface area contributed by atoms with E-state index in [2.05, 4.69) is 0 Å². The predicted octanol–water partition coefficient (Wildman–Crippen LogP) is 3.22. The van der Waals surface area contributed by atoms with Gasteiger partial charge < -0.3 is 14.7 Å². The van der Waals surface area contributed by atoms with Crippen molar-refractivity contribution in [1.29, 1.82) is 0 Å². The lowest BCUT2D eigenvalue weighted by atomic mass is 9.66. The van der Waals surface area contributed by atoms with Crippen LogP contribution in [0.4, 0.5) is 9.59 Å². The van der Waals surface area contributed by atoms with Crippen LogP contribution in [0.3, 0.4) is 0 Å². The highest BCUT2D eigenvalue weighted by atomic mass is 16.6. The van der Waals surface area contributed by atoms with Gasteiger partial charge in [0.1, 0.15) is 5.60 Å². The van der Waals surface area contributed by atoms with Gasteiger partial charge in [-0.1, -0.05) is 30.3 Å². The highest BCUT2D eigenvalue weighted by Crippen LogP contribution is 2.45.